The van der Waals surface area contributed by atoms with E-state index in [9.17, 15) is 13.2 Å². The maximum absolute atomic E-state index is 12.7. The monoisotopic (exact) mass is 348 g/mol. The van der Waals surface area contributed by atoms with Gasteiger partial charge in [-0.05, 0) is 65.0 Å². The normalized spacial score (nSPS) is 30.2. The number of halogens is 3. The number of likely N-dealkylation sites (tertiary alicyclic amines) is 1. The average Bonchev–Trinajstić information content (AvgIpc) is 2.52. The average molecular weight is 348 g/mol. The zero-order valence-electron chi connectivity index (χ0n) is 14.8. The third-order valence-corrected chi connectivity index (χ3v) is 5.10. The summed E-state index contributed by atoms with van der Waals surface area (Å²) in [6.45, 7) is 5.76. The number of guanidine groups is 1. The molecule has 0 amide bonds. The van der Waals surface area contributed by atoms with Gasteiger partial charge in [0, 0.05) is 25.7 Å². The van der Waals surface area contributed by atoms with E-state index >= 15 is 0 Å². The molecule has 24 heavy (non-hydrogen) atoms. The van der Waals surface area contributed by atoms with Crippen molar-refractivity contribution in [2.45, 2.75) is 57.7 Å². The molecule has 0 aromatic rings. The molecule has 2 fully saturated rings. The SMILES string of the molecule is CCNC(=NCC1CCCN(C)C1)NC1CCC(C(F)(F)F)CC1. The highest BCUT2D eigenvalue weighted by Gasteiger charge is 2.41. The minimum Gasteiger partial charge on any atom is -0.357 e. The lowest BCUT2D eigenvalue weighted by Crippen LogP contribution is -2.46. The Hall–Kier alpha value is -0.980. The molecule has 1 heterocycles. The van der Waals surface area contributed by atoms with Gasteiger partial charge in [-0.1, -0.05) is 0 Å². The third-order valence-electron chi connectivity index (χ3n) is 5.10. The summed E-state index contributed by atoms with van der Waals surface area (Å²) in [6, 6.07) is 0.0930. The molecular formula is C17H31F3N4. The Labute approximate surface area is 143 Å². The van der Waals surface area contributed by atoms with Crippen LogP contribution in [0.5, 0.6) is 0 Å². The molecular weight excluding hydrogens is 317 g/mol. The predicted molar refractivity (Wildman–Crippen MR) is 91.1 cm³/mol. The van der Waals surface area contributed by atoms with Gasteiger partial charge >= 0.3 is 6.18 Å². The van der Waals surface area contributed by atoms with Crippen molar-refractivity contribution in [3.63, 3.8) is 0 Å². The second-order valence-corrected chi connectivity index (χ2v) is 7.22. The van der Waals surface area contributed by atoms with Crippen LogP contribution in [0.2, 0.25) is 0 Å². The molecule has 2 aliphatic rings. The molecule has 0 spiro atoms. The fourth-order valence-electron chi connectivity index (χ4n) is 3.72. The first kappa shape index (κ1) is 19.3. The second kappa shape index (κ2) is 8.92. The van der Waals surface area contributed by atoms with Gasteiger partial charge in [0.2, 0.25) is 0 Å². The van der Waals surface area contributed by atoms with E-state index in [0.717, 1.165) is 32.1 Å². The quantitative estimate of drug-likeness (QED) is 0.606. The number of alkyl halides is 3. The van der Waals surface area contributed by atoms with Gasteiger partial charge in [-0.15, -0.1) is 0 Å². The van der Waals surface area contributed by atoms with E-state index in [0.29, 0.717) is 18.8 Å². The lowest BCUT2D eigenvalue weighted by atomic mass is 9.85. The molecule has 0 aromatic heterocycles. The van der Waals surface area contributed by atoms with Crippen molar-refractivity contribution in [1.82, 2.24) is 15.5 Å². The van der Waals surface area contributed by atoms with Gasteiger partial charge in [0.05, 0.1) is 5.92 Å². The van der Waals surface area contributed by atoms with Crippen LogP contribution in [-0.2, 0) is 0 Å². The highest BCUT2D eigenvalue weighted by molar-refractivity contribution is 5.80. The summed E-state index contributed by atoms with van der Waals surface area (Å²) in [5.74, 6) is 0.189. The number of piperidine rings is 1. The van der Waals surface area contributed by atoms with Crippen LogP contribution < -0.4 is 10.6 Å². The fourth-order valence-corrected chi connectivity index (χ4v) is 3.72. The predicted octanol–water partition coefficient (Wildman–Crippen LogP) is 3.00. The molecule has 7 heteroatoms. The van der Waals surface area contributed by atoms with Crippen molar-refractivity contribution in [3.8, 4) is 0 Å². The molecule has 1 atom stereocenters. The summed E-state index contributed by atoms with van der Waals surface area (Å²) in [4.78, 5) is 7.01. The van der Waals surface area contributed by atoms with Crippen LogP contribution in [-0.4, -0.2) is 56.3 Å². The molecule has 1 unspecified atom stereocenters. The van der Waals surface area contributed by atoms with E-state index in [4.69, 9.17) is 0 Å². The Balaban J connectivity index is 1.81. The van der Waals surface area contributed by atoms with E-state index in [1.807, 2.05) is 6.92 Å². The van der Waals surface area contributed by atoms with Crippen molar-refractivity contribution in [2.75, 3.05) is 33.2 Å². The highest BCUT2D eigenvalue weighted by atomic mass is 19.4. The lowest BCUT2D eigenvalue weighted by molar-refractivity contribution is -0.182. The molecule has 0 bridgehead atoms. The second-order valence-electron chi connectivity index (χ2n) is 7.22. The van der Waals surface area contributed by atoms with Crippen LogP contribution in [0.3, 0.4) is 0 Å². The van der Waals surface area contributed by atoms with Crippen molar-refractivity contribution < 1.29 is 13.2 Å². The Kier molecular flexibility index (Phi) is 7.19. The number of rotatable bonds is 4. The van der Waals surface area contributed by atoms with Crippen LogP contribution in [0.4, 0.5) is 13.2 Å². The van der Waals surface area contributed by atoms with Gasteiger partial charge in [-0.2, -0.15) is 13.2 Å². The van der Waals surface area contributed by atoms with Crippen molar-refractivity contribution in [2.24, 2.45) is 16.8 Å². The van der Waals surface area contributed by atoms with E-state index in [-0.39, 0.29) is 18.9 Å². The summed E-state index contributed by atoms with van der Waals surface area (Å²) >= 11 is 0. The number of aliphatic imine (C=N–C) groups is 1. The minimum absolute atomic E-state index is 0.0930. The van der Waals surface area contributed by atoms with Crippen molar-refractivity contribution >= 4 is 5.96 Å². The van der Waals surface area contributed by atoms with Gasteiger partial charge < -0.3 is 15.5 Å². The smallest absolute Gasteiger partial charge is 0.357 e. The van der Waals surface area contributed by atoms with Crippen LogP contribution in [0.1, 0.15) is 45.4 Å². The number of nitrogens with one attached hydrogen (secondary N) is 2. The van der Waals surface area contributed by atoms with Crippen LogP contribution in [0.15, 0.2) is 4.99 Å². The van der Waals surface area contributed by atoms with E-state index in [2.05, 4.69) is 27.6 Å². The Bertz CT molecular complexity index is 403. The number of hydrogen-bond donors (Lipinski definition) is 2. The fraction of sp³-hybridized carbons (Fsp3) is 0.941. The Morgan fingerprint density at radius 1 is 1.17 bits per heavy atom. The summed E-state index contributed by atoms with van der Waals surface area (Å²) in [7, 11) is 2.14. The lowest BCUT2D eigenvalue weighted by Gasteiger charge is -2.31. The number of nitrogens with zero attached hydrogens (tertiary/aromatic N) is 2. The maximum Gasteiger partial charge on any atom is 0.391 e. The zero-order chi connectivity index (χ0) is 17.6. The molecule has 1 saturated carbocycles. The Morgan fingerprint density at radius 3 is 2.46 bits per heavy atom. The largest absolute Gasteiger partial charge is 0.391 e. The van der Waals surface area contributed by atoms with Gasteiger partial charge in [-0.3, -0.25) is 4.99 Å². The van der Waals surface area contributed by atoms with Crippen LogP contribution in [0, 0.1) is 11.8 Å². The molecule has 140 valence electrons. The van der Waals surface area contributed by atoms with Crippen LogP contribution >= 0.6 is 0 Å². The molecule has 2 N–H and O–H groups in total. The molecule has 1 aliphatic carbocycles. The minimum atomic E-state index is -4.05. The summed E-state index contributed by atoms with van der Waals surface area (Å²) < 4.78 is 38.2. The Morgan fingerprint density at radius 2 is 1.88 bits per heavy atom. The van der Waals surface area contributed by atoms with Crippen LogP contribution in [0.25, 0.3) is 0 Å². The van der Waals surface area contributed by atoms with Gasteiger partial charge in [0.15, 0.2) is 5.96 Å². The van der Waals surface area contributed by atoms with Gasteiger partial charge in [-0.25, -0.2) is 0 Å². The van der Waals surface area contributed by atoms with E-state index in [1.165, 1.54) is 12.8 Å². The van der Waals surface area contributed by atoms with Gasteiger partial charge in [0.25, 0.3) is 0 Å². The molecule has 0 radical (unpaired) electrons. The molecule has 1 aliphatic heterocycles. The summed E-state index contributed by atoms with van der Waals surface area (Å²) in [5, 5.41) is 6.56. The van der Waals surface area contributed by atoms with E-state index in [1.54, 1.807) is 0 Å². The van der Waals surface area contributed by atoms with Crippen molar-refractivity contribution in [3.05, 3.63) is 0 Å². The maximum atomic E-state index is 12.7. The topological polar surface area (TPSA) is 39.7 Å². The van der Waals surface area contributed by atoms with E-state index < -0.39 is 12.1 Å². The zero-order valence-corrected chi connectivity index (χ0v) is 14.8. The highest BCUT2D eigenvalue weighted by Crippen LogP contribution is 2.37. The number of hydrogen-bond acceptors (Lipinski definition) is 2. The molecule has 1 saturated heterocycles. The van der Waals surface area contributed by atoms with Crippen molar-refractivity contribution in [1.29, 1.82) is 0 Å². The molecule has 4 nitrogen and oxygen atoms in total. The first-order valence-electron chi connectivity index (χ1n) is 9.18. The first-order valence-corrected chi connectivity index (χ1v) is 9.18. The first-order chi connectivity index (χ1) is 11.4. The third kappa shape index (κ3) is 6.15. The standard InChI is InChI=1S/C17H31F3N4/c1-3-21-16(22-11-13-5-4-10-24(2)12-13)23-15-8-6-14(7-9-15)17(18,19)20/h13-15H,3-12H2,1-2H3,(H2,21,22,23). The summed E-state index contributed by atoms with van der Waals surface area (Å²) in [6.07, 6.45) is -0.0912. The van der Waals surface area contributed by atoms with Gasteiger partial charge in [0.1, 0.15) is 0 Å². The molecule has 0 aromatic carbocycles. The summed E-state index contributed by atoms with van der Waals surface area (Å²) in [5.41, 5.74) is 0. The molecule has 2 rings (SSSR count).